The van der Waals surface area contributed by atoms with Crippen LogP contribution in [-0.4, -0.2) is 41.2 Å². The number of hydrogen-bond donors (Lipinski definition) is 0. The zero-order valence-electron chi connectivity index (χ0n) is 14.4. The Balaban J connectivity index is 1.52. The molecule has 0 spiro atoms. The van der Waals surface area contributed by atoms with E-state index in [-0.39, 0.29) is 11.8 Å². The van der Waals surface area contributed by atoms with Gasteiger partial charge >= 0.3 is 0 Å². The highest BCUT2D eigenvalue weighted by atomic mass is 32.1. The fourth-order valence-electron chi connectivity index (χ4n) is 3.25. The minimum atomic E-state index is -0.0230. The molecule has 1 aliphatic heterocycles. The molecule has 0 unspecified atom stereocenters. The Labute approximate surface area is 155 Å². The van der Waals surface area contributed by atoms with Crippen LogP contribution in [0.5, 0.6) is 5.75 Å². The van der Waals surface area contributed by atoms with E-state index in [0.717, 1.165) is 24.3 Å². The number of carbonyl (C=O) groups excluding carboxylic acids is 1. The van der Waals surface area contributed by atoms with Gasteiger partial charge in [0.2, 0.25) is 5.89 Å². The quantitative estimate of drug-likeness (QED) is 0.699. The third kappa shape index (κ3) is 3.22. The molecule has 1 aliphatic rings. The first-order valence-corrected chi connectivity index (χ1v) is 9.44. The number of carbonyl (C=O) groups is 1. The largest absolute Gasteiger partial charge is 0.496 e. The van der Waals surface area contributed by atoms with Crippen molar-refractivity contribution in [3.05, 3.63) is 53.2 Å². The molecule has 0 bridgehead atoms. The third-order valence-electron chi connectivity index (χ3n) is 4.57. The van der Waals surface area contributed by atoms with Crippen LogP contribution >= 0.6 is 11.3 Å². The lowest BCUT2D eigenvalue weighted by Crippen LogP contribution is -2.39. The van der Waals surface area contributed by atoms with Crippen molar-refractivity contribution in [2.75, 3.05) is 20.2 Å². The van der Waals surface area contributed by atoms with Crippen LogP contribution in [0.4, 0.5) is 0 Å². The van der Waals surface area contributed by atoms with Crippen LogP contribution in [0.1, 0.15) is 35.0 Å². The van der Waals surface area contributed by atoms with Crippen molar-refractivity contribution in [2.45, 2.75) is 18.8 Å². The lowest BCUT2D eigenvalue weighted by atomic mass is 9.97. The van der Waals surface area contributed by atoms with Gasteiger partial charge in [-0.2, -0.15) is 0 Å². The molecule has 4 rings (SSSR count). The lowest BCUT2D eigenvalue weighted by molar-refractivity contribution is 0.0695. The van der Waals surface area contributed by atoms with Gasteiger partial charge in [0.25, 0.3) is 11.8 Å². The number of para-hydroxylation sites is 1. The van der Waals surface area contributed by atoms with Crippen LogP contribution in [0.25, 0.3) is 10.8 Å². The van der Waals surface area contributed by atoms with Crippen LogP contribution in [-0.2, 0) is 0 Å². The SMILES string of the molecule is COc1ccccc1C(=O)N1CCC[C@H](c2nnc(-c3cccs3)o2)C1. The van der Waals surface area contributed by atoms with Crippen molar-refractivity contribution in [3.63, 3.8) is 0 Å². The number of ether oxygens (including phenoxy) is 1. The van der Waals surface area contributed by atoms with Crippen molar-refractivity contribution in [1.82, 2.24) is 15.1 Å². The van der Waals surface area contributed by atoms with Gasteiger partial charge < -0.3 is 14.1 Å². The number of aromatic nitrogens is 2. The van der Waals surface area contributed by atoms with Gasteiger partial charge in [-0.3, -0.25) is 4.79 Å². The summed E-state index contributed by atoms with van der Waals surface area (Å²) in [7, 11) is 1.58. The maximum absolute atomic E-state index is 12.9. The third-order valence-corrected chi connectivity index (χ3v) is 5.43. The number of benzene rings is 1. The number of amides is 1. The Morgan fingerprint density at radius 2 is 2.15 bits per heavy atom. The van der Waals surface area contributed by atoms with Gasteiger partial charge in [-0.25, -0.2) is 0 Å². The summed E-state index contributed by atoms with van der Waals surface area (Å²) in [6, 6.07) is 11.2. The Kier molecular flexibility index (Phi) is 4.71. The maximum atomic E-state index is 12.9. The van der Waals surface area contributed by atoms with E-state index in [1.807, 2.05) is 34.5 Å². The molecule has 134 valence electrons. The van der Waals surface area contributed by atoms with Crippen molar-refractivity contribution >= 4 is 17.2 Å². The molecule has 1 aromatic carbocycles. The van der Waals surface area contributed by atoms with Crippen LogP contribution in [0, 0.1) is 0 Å². The highest BCUT2D eigenvalue weighted by Gasteiger charge is 2.30. The molecule has 1 amide bonds. The topological polar surface area (TPSA) is 68.5 Å². The second-order valence-electron chi connectivity index (χ2n) is 6.21. The smallest absolute Gasteiger partial charge is 0.257 e. The van der Waals surface area contributed by atoms with Crippen molar-refractivity contribution in [1.29, 1.82) is 0 Å². The van der Waals surface area contributed by atoms with E-state index in [0.29, 0.717) is 29.6 Å². The van der Waals surface area contributed by atoms with Crippen molar-refractivity contribution < 1.29 is 13.9 Å². The summed E-state index contributed by atoms with van der Waals surface area (Å²) in [6.45, 7) is 1.29. The van der Waals surface area contributed by atoms with Gasteiger partial charge in [-0.1, -0.05) is 18.2 Å². The van der Waals surface area contributed by atoms with Gasteiger partial charge in [0.05, 0.1) is 23.5 Å². The van der Waals surface area contributed by atoms with Gasteiger partial charge in [0.1, 0.15) is 5.75 Å². The van der Waals surface area contributed by atoms with Crippen LogP contribution in [0.2, 0.25) is 0 Å². The van der Waals surface area contributed by atoms with E-state index in [4.69, 9.17) is 9.15 Å². The molecule has 0 saturated carbocycles. The molecule has 1 atom stereocenters. The molecule has 1 fully saturated rings. The zero-order valence-corrected chi connectivity index (χ0v) is 15.2. The normalized spacial score (nSPS) is 17.3. The van der Waals surface area contributed by atoms with E-state index >= 15 is 0 Å². The Hall–Kier alpha value is -2.67. The zero-order chi connectivity index (χ0) is 17.9. The van der Waals surface area contributed by atoms with Gasteiger partial charge in [-0.15, -0.1) is 21.5 Å². The number of thiophene rings is 1. The highest BCUT2D eigenvalue weighted by molar-refractivity contribution is 7.13. The first-order valence-electron chi connectivity index (χ1n) is 8.56. The van der Waals surface area contributed by atoms with E-state index in [2.05, 4.69) is 10.2 Å². The van der Waals surface area contributed by atoms with E-state index in [9.17, 15) is 4.79 Å². The van der Waals surface area contributed by atoms with Crippen LogP contribution < -0.4 is 4.74 Å². The molecule has 0 radical (unpaired) electrons. The van der Waals surface area contributed by atoms with Crippen LogP contribution in [0.15, 0.2) is 46.2 Å². The predicted octanol–water partition coefficient (Wildman–Crippen LogP) is 3.83. The summed E-state index contributed by atoms with van der Waals surface area (Å²) < 4.78 is 11.2. The monoisotopic (exact) mass is 369 g/mol. The van der Waals surface area contributed by atoms with Gasteiger partial charge in [0.15, 0.2) is 0 Å². The molecule has 2 aromatic heterocycles. The van der Waals surface area contributed by atoms with Crippen LogP contribution in [0.3, 0.4) is 0 Å². The molecule has 7 heteroatoms. The fourth-order valence-corrected chi connectivity index (χ4v) is 3.90. The van der Waals surface area contributed by atoms with E-state index < -0.39 is 0 Å². The number of hydrogen-bond acceptors (Lipinski definition) is 6. The standard InChI is InChI=1S/C19H19N3O3S/c1-24-15-8-3-2-7-14(15)19(23)22-10-4-6-13(12-22)17-20-21-18(25-17)16-9-5-11-26-16/h2-3,5,7-9,11,13H,4,6,10,12H2,1H3/t13-/m0/s1. The molecule has 1 saturated heterocycles. The summed E-state index contributed by atoms with van der Waals surface area (Å²) in [5.74, 6) is 1.78. The van der Waals surface area contributed by atoms with E-state index in [1.165, 1.54) is 0 Å². The van der Waals surface area contributed by atoms with Crippen molar-refractivity contribution in [2.24, 2.45) is 0 Å². The predicted molar refractivity (Wildman–Crippen MR) is 98.5 cm³/mol. The summed E-state index contributed by atoms with van der Waals surface area (Å²) >= 11 is 1.57. The molecule has 3 aromatic rings. The maximum Gasteiger partial charge on any atom is 0.257 e. The van der Waals surface area contributed by atoms with Gasteiger partial charge in [-0.05, 0) is 36.4 Å². The minimum Gasteiger partial charge on any atom is -0.496 e. The molecule has 0 aliphatic carbocycles. The summed E-state index contributed by atoms with van der Waals surface area (Å²) in [5.41, 5.74) is 0.584. The second-order valence-corrected chi connectivity index (χ2v) is 7.16. The summed E-state index contributed by atoms with van der Waals surface area (Å²) in [5, 5.41) is 10.4. The molecule has 0 N–H and O–H groups in total. The number of piperidine rings is 1. The second kappa shape index (κ2) is 7.29. The molecule has 26 heavy (non-hydrogen) atoms. The lowest BCUT2D eigenvalue weighted by Gasteiger charge is -2.31. The first-order chi connectivity index (χ1) is 12.8. The average molecular weight is 369 g/mol. The van der Waals surface area contributed by atoms with Gasteiger partial charge in [0, 0.05) is 13.1 Å². The van der Waals surface area contributed by atoms with E-state index in [1.54, 1.807) is 30.6 Å². The highest BCUT2D eigenvalue weighted by Crippen LogP contribution is 2.31. The Morgan fingerprint density at radius 1 is 1.27 bits per heavy atom. The van der Waals surface area contributed by atoms with Crippen molar-refractivity contribution in [3.8, 4) is 16.5 Å². The Bertz CT molecular complexity index is 891. The summed E-state index contributed by atoms with van der Waals surface area (Å²) in [6.07, 6.45) is 1.84. The molecule has 6 nitrogen and oxygen atoms in total. The minimum absolute atomic E-state index is 0.0230. The Morgan fingerprint density at radius 3 is 2.96 bits per heavy atom. The molecule has 3 heterocycles. The number of methoxy groups -OCH3 is 1. The first kappa shape index (κ1) is 16.8. The molecular formula is C19H19N3O3S. The number of rotatable bonds is 4. The number of nitrogens with zero attached hydrogens (tertiary/aromatic N) is 3. The molecular weight excluding hydrogens is 350 g/mol. The summed E-state index contributed by atoms with van der Waals surface area (Å²) in [4.78, 5) is 15.7. The number of likely N-dealkylation sites (tertiary alicyclic amines) is 1. The average Bonchev–Trinajstić information content (AvgIpc) is 3.39. The fraction of sp³-hybridized carbons (Fsp3) is 0.316.